The Kier molecular flexibility index (Phi) is 12.4. The molecule has 1 unspecified atom stereocenters. The van der Waals surface area contributed by atoms with Crippen LogP contribution in [0.2, 0.25) is 0 Å². The molecule has 3 aromatic rings. The molecule has 9 heteroatoms. The minimum Gasteiger partial charge on any atom is -0.502 e. The van der Waals surface area contributed by atoms with Gasteiger partial charge < -0.3 is 9.80 Å². The van der Waals surface area contributed by atoms with E-state index in [4.69, 9.17) is 24.1 Å². The van der Waals surface area contributed by atoms with E-state index in [2.05, 4.69) is 88.1 Å². The molecular weight excluding hydrogens is 686 g/mol. The fourth-order valence-electron chi connectivity index (χ4n) is 5.55. The van der Waals surface area contributed by atoms with Gasteiger partial charge in [0.05, 0.1) is 0 Å². The van der Waals surface area contributed by atoms with Crippen molar-refractivity contribution in [1.29, 1.82) is 0 Å². The monoisotopic (exact) mass is 732 g/mol. The van der Waals surface area contributed by atoms with Gasteiger partial charge in [-0.15, -0.1) is 0 Å². The van der Waals surface area contributed by atoms with Crippen molar-refractivity contribution in [2.75, 3.05) is 37.0 Å². The predicted octanol–water partition coefficient (Wildman–Crippen LogP) is 8.08. The van der Waals surface area contributed by atoms with E-state index in [0.717, 1.165) is 18.7 Å². The molecule has 0 radical (unpaired) electrons. The molecule has 1 heterocycles. The standard InChI is InChI=1S/C21H27N2.C13H19NO2S.2ClH.Ru/c1-14-9-16(3)20(17(4)10-14)22-7-8-23(13-22)21-18(5)11-15(2)12-19(21)6;1-10(2)16-13-8-7-12(9-11(13)3)17(6,15)14(4)5;;;/h9-13H,7-8H2,1-6H3;3,7-10H,6H2,1-2,4-5H3;2*1H;/q-1;;;;+2/p-2. The summed E-state index contributed by atoms with van der Waals surface area (Å²) in [5.74, 6) is 4.49. The number of ether oxygens (including phenoxy) is 1. The molecule has 1 saturated heterocycles. The van der Waals surface area contributed by atoms with Crippen molar-refractivity contribution in [3.8, 4) is 5.75 Å². The van der Waals surface area contributed by atoms with Gasteiger partial charge in [-0.3, -0.25) is 0 Å². The molecule has 1 fully saturated rings. The number of aryl methyl sites for hydroxylation is 6. The van der Waals surface area contributed by atoms with Gasteiger partial charge in [0.25, 0.3) is 0 Å². The van der Waals surface area contributed by atoms with Gasteiger partial charge in [0, 0.05) is 24.5 Å². The molecule has 0 aliphatic carbocycles. The summed E-state index contributed by atoms with van der Waals surface area (Å²) in [4.78, 5) is 5.44. The van der Waals surface area contributed by atoms with Crippen molar-refractivity contribution in [2.24, 2.45) is 0 Å². The second-order valence-electron chi connectivity index (χ2n) is 11.6. The number of rotatable bonds is 7. The van der Waals surface area contributed by atoms with E-state index in [9.17, 15) is 4.21 Å². The molecule has 238 valence electrons. The van der Waals surface area contributed by atoms with Gasteiger partial charge in [-0.2, -0.15) is 6.67 Å². The van der Waals surface area contributed by atoms with E-state index in [1.165, 1.54) is 44.8 Å². The molecule has 0 saturated carbocycles. The van der Waals surface area contributed by atoms with E-state index in [1.807, 2.05) is 13.8 Å². The number of hydrogen-bond donors (Lipinski definition) is 0. The zero-order chi connectivity index (χ0) is 32.2. The van der Waals surface area contributed by atoms with E-state index >= 15 is 0 Å². The van der Waals surface area contributed by atoms with Gasteiger partial charge in [-0.05, 0) is 63.8 Å². The molecule has 0 spiro atoms. The summed E-state index contributed by atoms with van der Waals surface area (Å²) < 4.78 is 21.7. The normalized spacial score (nSPS) is 14.9. The summed E-state index contributed by atoms with van der Waals surface area (Å²) in [6.45, 7) is 21.5. The molecule has 3 aromatic carbocycles. The summed E-state index contributed by atoms with van der Waals surface area (Å²) >= 11 is -2.00. The van der Waals surface area contributed by atoms with Crippen molar-refractivity contribution < 1.29 is 22.5 Å². The van der Waals surface area contributed by atoms with Gasteiger partial charge in [0.2, 0.25) is 0 Å². The zero-order valence-electron chi connectivity index (χ0n) is 27.1. The number of anilines is 2. The molecule has 1 aliphatic rings. The van der Waals surface area contributed by atoms with E-state index < -0.39 is 23.2 Å². The number of nitrogens with zero attached hydrogens (tertiary/aromatic N) is 3. The van der Waals surface area contributed by atoms with E-state index in [0.29, 0.717) is 10.6 Å². The van der Waals surface area contributed by atoms with Crippen LogP contribution in [-0.2, 0) is 23.2 Å². The number of hydrogen-bond acceptors (Lipinski definition) is 4. The van der Waals surface area contributed by atoms with Crippen LogP contribution < -0.4 is 14.5 Å². The first-order valence-electron chi connectivity index (χ1n) is 14.2. The third kappa shape index (κ3) is 9.08. The first kappa shape index (κ1) is 35.6. The summed E-state index contributed by atoms with van der Waals surface area (Å²) in [7, 11) is 12.9. The van der Waals surface area contributed by atoms with Crippen molar-refractivity contribution in [1.82, 2.24) is 4.31 Å². The average molecular weight is 733 g/mol. The second-order valence-corrected chi connectivity index (χ2v) is 19.8. The van der Waals surface area contributed by atoms with Crippen molar-refractivity contribution in [3.63, 3.8) is 0 Å². The first-order chi connectivity index (χ1) is 20.0. The predicted molar refractivity (Wildman–Crippen MR) is 187 cm³/mol. The average Bonchev–Trinajstić information content (AvgIpc) is 3.32. The van der Waals surface area contributed by atoms with Crippen LogP contribution in [0.5, 0.6) is 5.75 Å². The molecule has 0 bridgehead atoms. The zero-order valence-corrected chi connectivity index (χ0v) is 31.1. The summed E-state index contributed by atoms with van der Waals surface area (Å²) in [5, 5.41) is 0. The molecule has 1 atom stereocenters. The van der Waals surface area contributed by atoms with Gasteiger partial charge in [0.1, 0.15) is 0 Å². The van der Waals surface area contributed by atoms with Crippen LogP contribution in [0.1, 0.15) is 52.8 Å². The molecule has 4 rings (SSSR count). The Morgan fingerprint density at radius 1 is 0.884 bits per heavy atom. The maximum absolute atomic E-state index is 12.6. The van der Waals surface area contributed by atoms with Gasteiger partial charge in [0.15, 0.2) is 0 Å². The maximum atomic E-state index is 12.6. The number of benzene rings is 3. The van der Waals surface area contributed by atoms with E-state index in [-0.39, 0.29) is 6.10 Å². The van der Waals surface area contributed by atoms with Gasteiger partial charge in [-0.25, -0.2) is 0 Å². The second kappa shape index (κ2) is 14.9. The summed E-state index contributed by atoms with van der Waals surface area (Å²) in [6, 6.07) is 14.5. The molecular formula is C34H46Cl2N3O2RuS-. The Morgan fingerprint density at radius 2 is 1.33 bits per heavy atom. The molecule has 0 aromatic heterocycles. The minimum absolute atomic E-state index is 0.0391. The van der Waals surface area contributed by atoms with Crippen LogP contribution in [0.15, 0.2) is 47.4 Å². The Balaban J connectivity index is 0.000000238. The Labute approximate surface area is 273 Å². The van der Waals surface area contributed by atoms with Crippen LogP contribution in [-0.4, -0.2) is 52.3 Å². The molecule has 5 nitrogen and oxygen atoms in total. The van der Waals surface area contributed by atoms with Gasteiger partial charge in [-0.1, -0.05) is 35.4 Å². The maximum Gasteiger partial charge on any atom is 0.0146 e. The molecule has 0 amide bonds. The SMILES string of the molecule is C=S(=O)(c1ccc(OC(C)C)c([CH]=[Ru]([Cl])[Cl])c1)N(C)C.Cc1cc(C)c(N2[CH-]N(c3c(C)cc(C)cc3C)CC2)c(C)c1. The van der Waals surface area contributed by atoms with Crippen LogP contribution in [0.25, 0.3) is 0 Å². The van der Waals surface area contributed by atoms with Gasteiger partial charge >= 0.3 is 135 Å². The third-order valence-corrected chi connectivity index (χ3v) is 11.2. The Hall–Kier alpha value is -1.89. The molecule has 43 heavy (non-hydrogen) atoms. The summed E-state index contributed by atoms with van der Waals surface area (Å²) in [6.07, 6.45) is 0.0391. The third-order valence-electron chi connectivity index (χ3n) is 7.19. The fourth-order valence-corrected chi connectivity index (χ4v) is 8.35. The smallest absolute Gasteiger partial charge is 0.0146 e. The molecule has 1 aliphatic heterocycles. The Bertz CT molecular complexity index is 1490. The van der Waals surface area contributed by atoms with Crippen LogP contribution in [0, 0.1) is 48.2 Å². The van der Waals surface area contributed by atoms with Crippen LogP contribution in [0.4, 0.5) is 11.4 Å². The Morgan fingerprint density at radius 3 is 1.70 bits per heavy atom. The van der Waals surface area contributed by atoms with Crippen molar-refractivity contribution >= 4 is 50.9 Å². The number of halogens is 2. The largest absolute Gasteiger partial charge is 0.502 e. The van der Waals surface area contributed by atoms with Crippen LogP contribution >= 0.6 is 19.4 Å². The van der Waals surface area contributed by atoms with Crippen LogP contribution in [0.3, 0.4) is 0 Å². The minimum atomic E-state index is -2.49. The van der Waals surface area contributed by atoms with Crippen molar-refractivity contribution in [2.45, 2.75) is 66.4 Å². The van der Waals surface area contributed by atoms with E-state index in [1.54, 1.807) is 41.2 Å². The first-order valence-corrected chi connectivity index (χ1v) is 21.4. The summed E-state index contributed by atoms with van der Waals surface area (Å²) in [5.41, 5.74) is 11.6. The topological polar surface area (TPSA) is 36.0 Å². The van der Waals surface area contributed by atoms with Crippen molar-refractivity contribution in [3.05, 3.63) is 88.1 Å². The molecule has 0 N–H and O–H groups in total. The quantitative estimate of drug-likeness (QED) is 0.140. The fraction of sp³-hybridized carbons (Fsp3) is 0.382.